The van der Waals surface area contributed by atoms with E-state index < -0.39 is 0 Å². The van der Waals surface area contributed by atoms with Crippen LogP contribution in [0.1, 0.15) is 30.4 Å². The van der Waals surface area contributed by atoms with Crippen molar-refractivity contribution in [3.8, 4) is 0 Å². The second kappa shape index (κ2) is 13.1. The van der Waals surface area contributed by atoms with Crippen LogP contribution in [0.2, 0.25) is 0 Å². The molecule has 31 heavy (non-hydrogen) atoms. The molecule has 1 aliphatic rings. The number of nitrogens with zero attached hydrogens (tertiary/aromatic N) is 2. The van der Waals surface area contributed by atoms with Crippen LogP contribution in [0.5, 0.6) is 0 Å². The molecule has 0 bridgehead atoms. The third-order valence-electron chi connectivity index (χ3n) is 5.57. The largest absolute Gasteiger partial charge is 0.378 e. The van der Waals surface area contributed by atoms with Gasteiger partial charge in [-0.25, -0.2) is 4.39 Å². The van der Waals surface area contributed by atoms with Gasteiger partial charge in [0.15, 0.2) is 5.96 Å². The maximum atomic E-state index is 13.2. The van der Waals surface area contributed by atoms with Crippen molar-refractivity contribution < 1.29 is 9.13 Å². The summed E-state index contributed by atoms with van der Waals surface area (Å²) in [5, 5.41) is 6.59. The average Bonchev–Trinajstić information content (AvgIpc) is 2.79. The second-order valence-electron chi connectivity index (χ2n) is 7.99. The van der Waals surface area contributed by atoms with Crippen molar-refractivity contribution in [1.82, 2.24) is 15.5 Å². The van der Waals surface area contributed by atoms with Crippen molar-refractivity contribution in [2.24, 2.45) is 4.99 Å². The fourth-order valence-corrected chi connectivity index (χ4v) is 3.84. The van der Waals surface area contributed by atoms with Gasteiger partial charge in [0.05, 0.1) is 6.10 Å². The van der Waals surface area contributed by atoms with Crippen molar-refractivity contribution in [3.05, 3.63) is 71.5 Å². The average molecular weight is 427 g/mol. The monoisotopic (exact) mass is 426 g/mol. The van der Waals surface area contributed by atoms with Gasteiger partial charge < -0.3 is 15.4 Å². The molecule has 3 rings (SSSR count). The van der Waals surface area contributed by atoms with Crippen LogP contribution in [-0.4, -0.2) is 56.8 Å². The zero-order valence-electron chi connectivity index (χ0n) is 18.5. The zero-order valence-corrected chi connectivity index (χ0v) is 18.5. The first kappa shape index (κ1) is 23.2. The Bertz CT molecular complexity index is 791. The molecule has 1 saturated heterocycles. The molecule has 1 heterocycles. The number of aliphatic imine (C=N–C) groups is 1. The van der Waals surface area contributed by atoms with E-state index in [0.717, 1.165) is 70.0 Å². The highest BCUT2D eigenvalue weighted by molar-refractivity contribution is 5.79. The van der Waals surface area contributed by atoms with Gasteiger partial charge >= 0.3 is 0 Å². The maximum absolute atomic E-state index is 13.2. The Hall–Kier alpha value is -2.44. The van der Waals surface area contributed by atoms with Gasteiger partial charge in [-0.15, -0.1) is 0 Å². The molecule has 2 N–H and O–H groups in total. The first-order chi connectivity index (χ1) is 15.2. The van der Waals surface area contributed by atoms with Crippen LogP contribution >= 0.6 is 0 Å². The van der Waals surface area contributed by atoms with Gasteiger partial charge in [0.2, 0.25) is 0 Å². The molecule has 0 saturated carbocycles. The minimum absolute atomic E-state index is 0.193. The molecule has 6 heteroatoms. The van der Waals surface area contributed by atoms with Crippen LogP contribution < -0.4 is 10.6 Å². The molecule has 0 atom stereocenters. The number of hydrogen-bond acceptors (Lipinski definition) is 3. The molecular formula is C25H35FN4O. The number of piperidine rings is 1. The summed E-state index contributed by atoms with van der Waals surface area (Å²) < 4.78 is 19.3. The smallest absolute Gasteiger partial charge is 0.190 e. The van der Waals surface area contributed by atoms with Crippen LogP contribution in [0.15, 0.2) is 59.6 Å². The Balaban J connectivity index is 1.22. The van der Waals surface area contributed by atoms with Gasteiger partial charge in [-0.2, -0.15) is 0 Å². The topological polar surface area (TPSA) is 48.9 Å². The van der Waals surface area contributed by atoms with Crippen molar-refractivity contribution in [3.63, 3.8) is 0 Å². The van der Waals surface area contributed by atoms with E-state index in [1.54, 1.807) is 19.2 Å². The molecule has 0 aliphatic carbocycles. The van der Waals surface area contributed by atoms with Gasteiger partial charge in [-0.05, 0) is 48.9 Å². The van der Waals surface area contributed by atoms with Crippen LogP contribution in [0.3, 0.4) is 0 Å². The third-order valence-corrected chi connectivity index (χ3v) is 5.57. The second-order valence-corrected chi connectivity index (χ2v) is 7.99. The summed E-state index contributed by atoms with van der Waals surface area (Å²) in [6.45, 7) is 5.51. The molecule has 0 amide bonds. The highest BCUT2D eigenvalue weighted by Gasteiger charge is 2.19. The molecule has 1 fully saturated rings. The van der Waals surface area contributed by atoms with E-state index in [4.69, 9.17) is 4.74 Å². The normalized spacial score (nSPS) is 15.7. The minimum Gasteiger partial charge on any atom is -0.378 e. The Kier molecular flexibility index (Phi) is 9.80. The number of guanidine groups is 1. The molecule has 0 aromatic heterocycles. The van der Waals surface area contributed by atoms with E-state index in [1.165, 1.54) is 11.6 Å². The van der Waals surface area contributed by atoms with E-state index in [2.05, 4.69) is 50.9 Å². The first-order valence-corrected chi connectivity index (χ1v) is 11.3. The molecule has 0 radical (unpaired) electrons. The predicted molar refractivity (Wildman–Crippen MR) is 125 cm³/mol. The summed E-state index contributed by atoms with van der Waals surface area (Å²) in [5.74, 6) is 0.576. The minimum atomic E-state index is -0.193. The Morgan fingerprint density at radius 1 is 1.03 bits per heavy atom. The quantitative estimate of drug-likeness (QED) is 0.346. The molecule has 5 nitrogen and oxygen atoms in total. The molecule has 1 aliphatic heterocycles. The zero-order chi connectivity index (χ0) is 21.7. The SMILES string of the molecule is CN=C(NCCCOC1CCN(Cc2ccccc2)CC1)NCCc1cccc(F)c1. The first-order valence-electron chi connectivity index (χ1n) is 11.3. The summed E-state index contributed by atoms with van der Waals surface area (Å²) in [6, 6.07) is 17.4. The summed E-state index contributed by atoms with van der Waals surface area (Å²) in [4.78, 5) is 6.75. The standard InChI is InChI=1S/C25H35FN4O/c1-27-25(29-15-11-21-9-5-10-23(26)19-21)28-14-6-18-31-24-12-16-30(17-13-24)20-22-7-3-2-4-8-22/h2-5,7-10,19,24H,6,11-18,20H2,1H3,(H2,27,28,29). The molecule has 2 aromatic carbocycles. The van der Waals surface area contributed by atoms with Crippen LogP contribution in [-0.2, 0) is 17.7 Å². The molecular weight excluding hydrogens is 391 g/mol. The Morgan fingerprint density at radius 2 is 1.77 bits per heavy atom. The number of likely N-dealkylation sites (tertiary alicyclic amines) is 1. The van der Waals surface area contributed by atoms with E-state index >= 15 is 0 Å². The van der Waals surface area contributed by atoms with Crippen molar-refractivity contribution in [2.75, 3.05) is 39.8 Å². The molecule has 168 valence electrons. The van der Waals surface area contributed by atoms with Crippen molar-refractivity contribution >= 4 is 5.96 Å². The number of halogens is 1. The van der Waals surface area contributed by atoms with E-state index in [-0.39, 0.29) is 5.82 Å². The number of benzene rings is 2. The number of nitrogens with one attached hydrogen (secondary N) is 2. The van der Waals surface area contributed by atoms with Crippen molar-refractivity contribution in [2.45, 2.75) is 38.3 Å². The van der Waals surface area contributed by atoms with E-state index in [1.807, 2.05) is 6.07 Å². The lowest BCUT2D eigenvalue weighted by atomic mass is 10.1. The van der Waals surface area contributed by atoms with E-state index in [0.29, 0.717) is 12.6 Å². The van der Waals surface area contributed by atoms with Gasteiger partial charge in [0.1, 0.15) is 5.82 Å². The highest BCUT2D eigenvalue weighted by Crippen LogP contribution is 2.16. The fourth-order valence-electron chi connectivity index (χ4n) is 3.84. The summed E-state index contributed by atoms with van der Waals surface area (Å²) in [7, 11) is 1.76. The number of rotatable bonds is 10. The van der Waals surface area contributed by atoms with E-state index in [9.17, 15) is 4.39 Å². The number of ether oxygens (including phenoxy) is 1. The summed E-state index contributed by atoms with van der Waals surface area (Å²) in [6.07, 6.45) is 4.27. The predicted octanol–water partition coefficient (Wildman–Crippen LogP) is 3.60. The van der Waals surface area contributed by atoms with Gasteiger partial charge in [0, 0.05) is 46.4 Å². The highest BCUT2D eigenvalue weighted by atomic mass is 19.1. The van der Waals surface area contributed by atoms with Gasteiger partial charge in [0.25, 0.3) is 0 Å². The Morgan fingerprint density at radius 3 is 2.52 bits per heavy atom. The van der Waals surface area contributed by atoms with Crippen LogP contribution in [0.25, 0.3) is 0 Å². The maximum Gasteiger partial charge on any atom is 0.190 e. The summed E-state index contributed by atoms with van der Waals surface area (Å²) >= 11 is 0. The molecule has 0 unspecified atom stereocenters. The van der Waals surface area contributed by atoms with Gasteiger partial charge in [-0.1, -0.05) is 42.5 Å². The lowest BCUT2D eigenvalue weighted by molar-refractivity contribution is 0.00534. The van der Waals surface area contributed by atoms with Crippen LogP contribution in [0.4, 0.5) is 4.39 Å². The third kappa shape index (κ3) is 8.67. The lowest BCUT2D eigenvalue weighted by Crippen LogP contribution is -2.39. The lowest BCUT2D eigenvalue weighted by Gasteiger charge is -2.32. The molecule has 0 spiro atoms. The Labute approximate surface area is 185 Å². The molecule has 2 aromatic rings. The van der Waals surface area contributed by atoms with Crippen LogP contribution in [0, 0.1) is 5.82 Å². The summed E-state index contributed by atoms with van der Waals surface area (Å²) in [5.41, 5.74) is 2.36. The number of hydrogen-bond donors (Lipinski definition) is 2. The van der Waals surface area contributed by atoms with Gasteiger partial charge in [-0.3, -0.25) is 9.89 Å². The fraction of sp³-hybridized carbons (Fsp3) is 0.480. The van der Waals surface area contributed by atoms with Crippen molar-refractivity contribution in [1.29, 1.82) is 0 Å².